The number of thiazole rings is 1. The number of nitrogens with zero attached hydrogens (tertiary/aromatic N) is 5. The Morgan fingerprint density at radius 2 is 1.88 bits per heavy atom. The minimum absolute atomic E-state index is 0.249. The average Bonchev–Trinajstić information content (AvgIpc) is 3.26. The fraction of sp³-hybridized carbons (Fsp3) is 0.211. The van der Waals surface area contributed by atoms with Gasteiger partial charge in [-0.25, -0.2) is 14.4 Å². The van der Waals surface area contributed by atoms with Crippen LogP contribution < -0.4 is 4.90 Å². The number of imidazole rings is 1. The zero-order chi connectivity index (χ0) is 18.3. The molecule has 26 heavy (non-hydrogen) atoms. The zero-order valence-corrected chi connectivity index (χ0v) is 15.6. The van der Waals surface area contributed by atoms with Crippen LogP contribution in [0.15, 0.2) is 41.8 Å². The van der Waals surface area contributed by atoms with Crippen LogP contribution in [0.25, 0.3) is 16.9 Å². The van der Waals surface area contributed by atoms with E-state index in [2.05, 4.69) is 17.0 Å². The van der Waals surface area contributed by atoms with Crippen LogP contribution in [0.4, 0.5) is 15.3 Å². The summed E-state index contributed by atoms with van der Waals surface area (Å²) in [6, 6.07) is 10.3. The van der Waals surface area contributed by atoms with Crippen molar-refractivity contribution in [2.45, 2.75) is 20.3 Å². The van der Waals surface area contributed by atoms with E-state index in [-0.39, 0.29) is 5.82 Å². The Morgan fingerprint density at radius 3 is 2.62 bits per heavy atom. The Morgan fingerprint density at radius 1 is 1.12 bits per heavy atom. The molecular weight excluding hydrogens is 349 g/mol. The lowest BCUT2D eigenvalue weighted by atomic mass is 10.2. The number of aromatic nitrogens is 4. The zero-order valence-electron chi connectivity index (χ0n) is 14.8. The molecule has 1 aromatic carbocycles. The van der Waals surface area contributed by atoms with E-state index in [9.17, 15) is 4.39 Å². The predicted octanol–water partition coefficient (Wildman–Crippen LogP) is 4.63. The first-order valence-corrected chi connectivity index (χ1v) is 9.25. The van der Waals surface area contributed by atoms with Crippen molar-refractivity contribution >= 4 is 27.9 Å². The first kappa shape index (κ1) is 16.7. The van der Waals surface area contributed by atoms with Gasteiger partial charge in [-0.05, 0) is 49.7 Å². The standard InChI is InChI=1S/C19H18FN5S/c1-4-15-18(25-17(21-15)10-5-12(2)23-25)24(3)19-22-16(11-26-19)13-6-8-14(20)9-7-13/h5-11H,4H2,1-3H3. The fourth-order valence-corrected chi connectivity index (χ4v) is 3.70. The number of fused-ring (bicyclic) bond motifs is 1. The molecule has 0 N–H and O–H groups in total. The van der Waals surface area contributed by atoms with Crippen molar-refractivity contribution in [1.82, 2.24) is 19.6 Å². The minimum atomic E-state index is -0.249. The molecule has 0 unspecified atom stereocenters. The molecule has 0 radical (unpaired) electrons. The van der Waals surface area contributed by atoms with E-state index in [1.165, 1.54) is 23.5 Å². The molecule has 5 nitrogen and oxygen atoms in total. The third-order valence-corrected chi connectivity index (χ3v) is 5.15. The molecule has 7 heteroatoms. The van der Waals surface area contributed by atoms with Crippen LogP contribution in [-0.2, 0) is 6.42 Å². The first-order valence-electron chi connectivity index (χ1n) is 8.37. The van der Waals surface area contributed by atoms with E-state index < -0.39 is 0 Å². The number of anilines is 2. The Bertz CT molecular complexity index is 1070. The fourth-order valence-electron chi connectivity index (χ4n) is 2.89. The van der Waals surface area contributed by atoms with E-state index in [4.69, 9.17) is 4.98 Å². The molecule has 0 amide bonds. The summed E-state index contributed by atoms with van der Waals surface area (Å²) in [4.78, 5) is 11.4. The molecule has 0 aliphatic rings. The second-order valence-electron chi connectivity index (χ2n) is 6.06. The van der Waals surface area contributed by atoms with E-state index >= 15 is 0 Å². The lowest BCUT2D eigenvalue weighted by Gasteiger charge is -2.16. The highest BCUT2D eigenvalue weighted by atomic mass is 32.1. The summed E-state index contributed by atoms with van der Waals surface area (Å²) in [7, 11) is 1.97. The molecule has 0 saturated carbocycles. The topological polar surface area (TPSA) is 46.3 Å². The molecule has 0 fully saturated rings. The van der Waals surface area contributed by atoms with Crippen molar-refractivity contribution in [3.8, 4) is 11.3 Å². The van der Waals surface area contributed by atoms with Crippen molar-refractivity contribution in [2.75, 3.05) is 11.9 Å². The van der Waals surface area contributed by atoms with Gasteiger partial charge in [0.15, 0.2) is 16.6 Å². The van der Waals surface area contributed by atoms with E-state index in [1.807, 2.05) is 40.9 Å². The van der Waals surface area contributed by atoms with Crippen LogP contribution in [0.5, 0.6) is 0 Å². The highest BCUT2D eigenvalue weighted by Crippen LogP contribution is 2.33. The number of benzene rings is 1. The summed E-state index contributed by atoms with van der Waals surface area (Å²) in [5, 5.41) is 7.43. The molecule has 4 rings (SSSR count). The quantitative estimate of drug-likeness (QED) is 0.528. The molecule has 0 bridgehead atoms. The molecule has 0 spiro atoms. The van der Waals surface area contributed by atoms with E-state index in [0.29, 0.717) is 0 Å². The van der Waals surface area contributed by atoms with Crippen LogP contribution in [0, 0.1) is 12.7 Å². The van der Waals surface area contributed by atoms with Crippen LogP contribution in [0.1, 0.15) is 18.3 Å². The Kier molecular flexibility index (Phi) is 4.16. The molecular formula is C19H18FN5S. The smallest absolute Gasteiger partial charge is 0.191 e. The minimum Gasteiger partial charge on any atom is -0.304 e. The van der Waals surface area contributed by atoms with Crippen molar-refractivity contribution in [1.29, 1.82) is 0 Å². The molecule has 3 aromatic heterocycles. The van der Waals surface area contributed by atoms with Crippen molar-refractivity contribution in [3.05, 3.63) is 59.0 Å². The van der Waals surface area contributed by atoms with Gasteiger partial charge in [0.05, 0.1) is 17.1 Å². The SMILES string of the molecule is CCc1nc2ccc(C)nn2c1N(C)c1nc(-c2ccc(F)cc2)cs1. The van der Waals surface area contributed by atoms with Gasteiger partial charge in [-0.3, -0.25) is 0 Å². The lowest BCUT2D eigenvalue weighted by Crippen LogP contribution is -2.14. The summed E-state index contributed by atoms with van der Waals surface area (Å²) >= 11 is 1.54. The number of hydrogen-bond donors (Lipinski definition) is 0. The summed E-state index contributed by atoms with van der Waals surface area (Å²) < 4.78 is 15.0. The predicted molar refractivity (Wildman–Crippen MR) is 103 cm³/mol. The first-order chi connectivity index (χ1) is 12.6. The molecule has 4 aromatic rings. The second kappa shape index (κ2) is 6.49. The molecule has 0 aliphatic carbocycles. The van der Waals surface area contributed by atoms with Gasteiger partial charge in [-0.15, -0.1) is 11.3 Å². The summed E-state index contributed by atoms with van der Waals surface area (Å²) in [5.74, 6) is 0.673. The van der Waals surface area contributed by atoms with Gasteiger partial charge in [0.2, 0.25) is 0 Å². The van der Waals surface area contributed by atoms with Crippen molar-refractivity contribution < 1.29 is 4.39 Å². The number of aryl methyl sites for hydroxylation is 2. The molecule has 3 heterocycles. The lowest BCUT2D eigenvalue weighted by molar-refractivity contribution is 0.628. The Hall–Kier alpha value is -2.80. The normalized spacial score (nSPS) is 11.2. The van der Waals surface area contributed by atoms with Crippen LogP contribution in [0.3, 0.4) is 0 Å². The molecule has 0 saturated heterocycles. The van der Waals surface area contributed by atoms with Gasteiger partial charge < -0.3 is 4.90 Å². The van der Waals surface area contributed by atoms with Crippen molar-refractivity contribution in [3.63, 3.8) is 0 Å². The van der Waals surface area contributed by atoms with Gasteiger partial charge in [-0.2, -0.15) is 9.61 Å². The maximum absolute atomic E-state index is 13.1. The summed E-state index contributed by atoms with van der Waals surface area (Å²) in [6.45, 7) is 4.04. The molecule has 0 aliphatic heterocycles. The van der Waals surface area contributed by atoms with Gasteiger partial charge in [0, 0.05) is 18.0 Å². The number of halogens is 1. The summed E-state index contributed by atoms with van der Waals surface area (Å²) in [5.41, 5.74) is 4.45. The highest BCUT2D eigenvalue weighted by molar-refractivity contribution is 7.14. The maximum atomic E-state index is 13.1. The Balaban J connectivity index is 1.76. The van der Waals surface area contributed by atoms with Crippen LogP contribution in [-0.4, -0.2) is 26.6 Å². The Labute approximate surface area is 154 Å². The van der Waals surface area contributed by atoms with E-state index in [0.717, 1.165) is 45.7 Å². The summed E-state index contributed by atoms with van der Waals surface area (Å²) in [6.07, 6.45) is 0.804. The van der Waals surface area contributed by atoms with Crippen LogP contribution in [0.2, 0.25) is 0 Å². The van der Waals surface area contributed by atoms with Gasteiger partial charge in [0.25, 0.3) is 0 Å². The van der Waals surface area contributed by atoms with Crippen molar-refractivity contribution in [2.24, 2.45) is 0 Å². The highest BCUT2D eigenvalue weighted by Gasteiger charge is 2.19. The van der Waals surface area contributed by atoms with Gasteiger partial charge in [0.1, 0.15) is 5.82 Å². The average molecular weight is 367 g/mol. The number of hydrogen-bond acceptors (Lipinski definition) is 5. The number of rotatable bonds is 4. The third-order valence-electron chi connectivity index (χ3n) is 4.23. The van der Waals surface area contributed by atoms with Crippen LogP contribution >= 0.6 is 11.3 Å². The molecule has 0 atom stereocenters. The molecule has 132 valence electrons. The monoisotopic (exact) mass is 367 g/mol. The largest absolute Gasteiger partial charge is 0.304 e. The maximum Gasteiger partial charge on any atom is 0.191 e. The van der Waals surface area contributed by atoms with Gasteiger partial charge in [-0.1, -0.05) is 6.92 Å². The van der Waals surface area contributed by atoms with Gasteiger partial charge >= 0.3 is 0 Å². The third kappa shape index (κ3) is 2.84. The van der Waals surface area contributed by atoms with E-state index in [1.54, 1.807) is 12.1 Å². The second-order valence-corrected chi connectivity index (χ2v) is 6.90.